The number of fused-ring (bicyclic) bond motifs is 2. The van der Waals surface area contributed by atoms with Crippen molar-refractivity contribution in [2.75, 3.05) is 38.1 Å². The molecule has 0 bridgehead atoms. The number of aromatic nitrogens is 3. The molecule has 1 atom stereocenters. The topological polar surface area (TPSA) is 97.4 Å². The van der Waals surface area contributed by atoms with Crippen molar-refractivity contribution in [2.45, 2.75) is 6.23 Å². The van der Waals surface area contributed by atoms with Gasteiger partial charge >= 0.3 is 0 Å². The minimum atomic E-state index is -1.12. The third-order valence-electron chi connectivity index (χ3n) is 6.53. The number of anilines is 1. The SMILES string of the molecule is CN1CCN(c2nc(C3=C(c4c[nH]c5ccccc45)C(O)NC3=O)c3ccccc3n2)CC1. The van der Waals surface area contributed by atoms with E-state index in [0.717, 1.165) is 53.5 Å². The van der Waals surface area contributed by atoms with Gasteiger partial charge in [-0.1, -0.05) is 36.4 Å². The molecule has 4 heterocycles. The van der Waals surface area contributed by atoms with Gasteiger partial charge in [-0.05, 0) is 19.2 Å². The van der Waals surface area contributed by atoms with Gasteiger partial charge in [-0.3, -0.25) is 4.79 Å². The van der Waals surface area contributed by atoms with Crippen molar-refractivity contribution in [3.63, 3.8) is 0 Å². The predicted octanol–water partition coefficient (Wildman–Crippen LogP) is 2.22. The molecule has 3 N–H and O–H groups in total. The smallest absolute Gasteiger partial charge is 0.256 e. The predicted molar refractivity (Wildman–Crippen MR) is 129 cm³/mol. The van der Waals surface area contributed by atoms with Gasteiger partial charge in [0.2, 0.25) is 5.95 Å². The summed E-state index contributed by atoms with van der Waals surface area (Å²) in [6, 6.07) is 15.6. The Morgan fingerprint density at radius 1 is 0.970 bits per heavy atom. The van der Waals surface area contributed by atoms with Crippen LogP contribution >= 0.6 is 0 Å². The van der Waals surface area contributed by atoms with Gasteiger partial charge in [-0.15, -0.1) is 0 Å². The standard InChI is InChI=1S/C25H24N6O2/c1-30-10-12-31(13-11-30)25-27-19-9-5-3-7-16(19)22(28-25)21-20(23(32)29-24(21)33)17-14-26-18-8-4-2-6-15(17)18/h2-9,14,23,26,32H,10-13H2,1H3,(H,29,33). The van der Waals surface area contributed by atoms with Gasteiger partial charge in [0.1, 0.15) is 0 Å². The van der Waals surface area contributed by atoms with Crippen molar-refractivity contribution < 1.29 is 9.90 Å². The number of hydrogen-bond donors (Lipinski definition) is 3. The molecule has 8 heteroatoms. The van der Waals surface area contributed by atoms with E-state index in [4.69, 9.17) is 9.97 Å². The Morgan fingerprint density at radius 3 is 2.52 bits per heavy atom. The summed E-state index contributed by atoms with van der Waals surface area (Å²) in [5.74, 6) is 0.271. The highest BCUT2D eigenvalue weighted by atomic mass is 16.3. The molecule has 2 aliphatic rings. The van der Waals surface area contributed by atoms with Crippen LogP contribution in [0.4, 0.5) is 5.95 Å². The van der Waals surface area contributed by atoms with E-state index >= 15 is 0 Å². The number of nitrogens with one attached hydrogen (secondary N) is 2. The number of carbonyl (C=O) groups excluding carboxylic acids is 1. The summed E-state index contributed by atoms with van der Waals surface area (Å²) in [5.41, 5.74) is 3.97. The molecule has 2 aromatic carbocycles. The van der Waals surface area contributed by atoms with E-state index in [1.54, 1.807) is 0 Å². The van der Waals surface area contributed by atoms with Crippen molar-refractivity contribution in [3.8, 4) is 0 Å². The third kappa shape index (κ3) is 3.26. The molecule has 1 saturated heterocycles. The van der Waals surface area contributed by atoms with E-state index < -0.39 is 6.23 Å². The Bertz CT molecular complexity index is 1420. The monoisotopic (exact) mass is 440 g/mol. The van der Waals surface area contributed by atoms with E-state index in [0.29, 0.717) is 22.8 Å². The zero-order valence-electron chi connectivity index (χ0n) is 18.2. The van der Waals surface area contributed by atoms with Crippen LogP contribution in [0.1, 0.15) is 11.3 Å². The molecule has 2 aliphatic heterocycles. The highest BCUT2D eigenvalue weighted by Gasteiger charge is 2.35. The summed E-state index contributed by atoms with van der Waals surface area (Å²) in [7, 11) is 2.10. The second-order valence-corrected chi connectivity index (χ2v) is 8.59. The summed E-state index contributed by atoms with van der Waals surface area (Å²) in [4.78, 5) is 30.6. The number of amides is 1. The molecule has 1 unspecified atom stereocenters. The number of aromatic amines is 1. The number of piperazine rings is 1. The average Bonchev–Trinajstić information content (AvgIpc) is 3.38. The first kappa shape index (κ1) is 19.9. The van der Waals surface area contributed by atoms with Crippen molar-refractivity contribution >= 4 is 44.8 Å². The highest BCUT2D eigenvalue weighted by molar-refractivity contribution is 6.33. The fourth-order valence-corrected chi connectivity index (χ4v) is 4.74. The van der Waals surface area contributed by atoms with Gasteiger partial charge in [-0.25, -0.2) is 9.97 Å². The van der Waals surface area contributed by atoms with Crippen molar-refractivity contribution in [1.82, 2.24) is 25.2 Å². The lowest BCUT2D eigenvalue weighted by atomic mass is 9.96. The average molecular weight is 441 g/mol. The van der Waals surface area contributed by atoms with Crippen molar-refractivity contribution in [1.29, 1.82) is 0 Å². The first-order chi connectivity index (χ1) is 16.1. The Labute approximate surface area is 190 Å². The quantitative estimate of drug-likeness (QED) is 0.452. The zero-order valence-corrected chi connectivity index (χ0v) is 18.2. The summed E-state index contributed by atoms with van der Waals surface area (Å²) in [5, 5.41) is 15.3. The zero-order chi connectivity index (χ0) is 22.5. The second kappa shape index (κ2) is 7.68. The summed E-state index contributed by atoms with van der Waals surface area (Å²) >= 11 is 0. The van der Waals surface area contributed by atoms with Crippen LogP contribution in [0.2, 0.25) is 0 Å². The van der Waals surface area contributed by atoms with Gasteiger partial charge < -0.3 is 25.2 Å². The minimum absolute atomic E-state index is 0.337. The van der Waals surface area contributed by atoms with Gasteiger partial charge in [0, 0.05) is 59.8 Å². The molecule has 2 aromatic heterocycles. The summed E-state index contributed by atoms with van der Waals surface area (Å²) in [6.07, 6.45) is 0.723. The molecule has 6 rings (SSSR count). The van der Waals surface area contributed by atoms with Crippen molar-refractivity contribution in [2.24, 2.45) is 0 Å². The number of aliphatic hydroxyl groups is 1. The Morgan fingerprint density at radius 2 is 1.70 bits per heavy atom. The fraction of sp³-hybridized carbons (Fsp3) is 0.240. The van der Waals surface area contributed by atoms with Crippen molar-refractivity contribution in [3.05, 3.63) is 66.0 Å². The van der Waals surface area contributed by atoms with Crippen LogP contribution in [-0.4, -0.2) is 70.3 Å². The largest absolute Gasteiger partial charge is 0.369 e. The minimum Gasteiger partial charge on any atom is -0.369 e. The molecule has 33 heavy (non-hydrogen) atoms. The molecular formula is C25H24N6O2. The molecular weight excluding hydrogens is 416 g/mol. The highest BCUT2D eigenvalue weighted by Crippen LogP contribution is 2.38. The maximum atomic E-state index is 13.2. The lowest BCUT2D eigenvalue weighted by molar-refractivity contribution is -0.116. The molecule has 1 fully saturated rings. The number of para-hydroxylation sites is 2. The molecule has 0 saturated carbocycles. The lowest BCUT2D eigenvalue weighted by Crippen LogP contribution is -2.45. The molecule has 1 amide bonds. The van der Waals surface area contributed by atoms with Crippen LogP contribution < -0.4 is 10.2 Å². The number of rotatable bonds is 3. The number of aliphatic hydroxyl groups excluding tert-OH is 1. The van der Waals surface area contributed by atoms with Crippen LogP contribution in [0, 0.1) is 0 Å². The van der Waals surface area contributed by atoms with E-state index in [2.05, 4.69) is 27.1 Å². The Hall–Kier alpha value is -3.75. The van der Waals surface area contributed by atoms with Gasteiger partial charge in [0.15, 0.2) is 6.23 Å². The number of hydrogen-bond acceptors (Lipinski definition) is 6. The molecule has 0 aliphatic carbocycles. The fourth-order valence-electron chi connectivity index (χ4n) is 4.74. The number of likely N-dealkylation sites (N-methyl/N-ethyl adjacent to an activating group) is 1. The normalized spacial score (nSPS) is 19.6. The van der Waals surface area contributed by atoms with Gasteiger partial charge in [0.05, 0.1) is 16.8 Å². The van der Waals surface area contributed by atoms with Gasteiger partial charge in [0.25, 0.3) is 5.91 Å². The number of nitrogens with zero attached hydrogens (tertiary/aromatic N) is 4. The third-order valence-corrected chi connectivity index (χ3v) is 6.53. The maximum absolute atomic E-state index is 13.2. The van der Waals surface area contributed by atoms with E-state index in [9.17, 15) is 9.90 Å². The second-order valence-electron chi connectivity index (χ2n) is 8.59. The first-order valence-electron chi connectivity index (χ1n) is 11.1. The van der Waals surface area contributed by atoms with Crippen LogP contribution in [0.15, 0.2) is 54.7 Å². The molecule has 4 aromatic rings. The molecule has 8 nitrogen and oxygen atoms in total. The number of H-pyrrole nitrogens is 1. The molecule has 166 valence electrons. The van der Waals surface area contributed by atoms with Crippen LogP contribution in [0.5, 0.6) is 0 Å². The number of benzene rings is 2. The Balaban J connectivity index is 1.59. The first-order valence-corrected chi connectivity index (χ1v) is 11.1. The van der Waals surface area contributed by atoms with E-state index in [1.807, 2.05) is 54.7 Å². The van der Waals surface area contributed by atoms with Crippen LogP contribution in [-0.2, 0) is 4.79 Å². The molecule has 0 spiro atoms. The molecule has 0 radical (unpaired) electrons. The van der Waals surface area contributed by atoms with E-state index in [1.165, 1.54) is 0 Å². The maximum Gasteiger partial charge on any atom is 0.256 e. The van der Waals surface area contributed by atoms with Crippen LogP contribution in [0.3, 0.4) is 0 Å². The van der Waals surface area contributed by atoms with Gasteiger partial charge in [-0.2, -0.15) is 0 Å². The Kier molecular flexibility index (Phi) is 4.63. The van der Waals surface area contributed by atoms with E-state index in [-0.39, 0.29) is 5.91 Å². The summed E-state index contributed by atoms with van der Waals surface area (Å²) < 4.78 is 0. The number of carbonyl (C=O) groups is 1. The lowest BCUT2D eigenvalue weighted by Gasteiger charge is -2.32. The van der Waals surface area contributed by atoms with Crippen LogP contribution in [0.25, 0.3) is 33.0 Å². The summed E-state index contributed by atoms with van der Waals surface area (Å²) in [6.45, 7) is 3.48.